The van der Waals surface area contributed by atoms with Crippen molar-refractivity contribution in [1.82, 2.24) is 5.32 Å². The first-order valence-corrected chi connectivity index (χ1v) is 8.46. The summed E-state index contributed by atoms with van der Waals surface area (Å²) < 4.78 is 5.21. The number of hydrogen-bond donors (Lipinski definition) is 2. The van der Waals surface area contributed by atoms with Crippen LogP contribution in [0.5, 0.6) is 0 Å². The molecule has 0 radical (unpaired) electrons. The van der Waals surface area contributed by atoms with E-state index in [1.165, 1.54) is 6.08 Å². The van der Waals surface area contributed by atoms with Crippen molar-refractivity contribution in [2.45, 2.75) is 12.5 Å². The molecule has 0 aliphatic rings. The molecule has 1 unspecified atom stereocenters. The van der Waals surface area contributed by atoms with Crippen LogP contribution in [0.1, 0.15) is 17.2 Å². The van der Waals surface area contributed by atoms with Crippen LogP contribution in [0.25, 0.3) is 0 Å². The second kappa shape index (κ2) is 9.75. The molecule has 2 N–H and O–H groups in total. The van der Waals surface area contributed by atoms with Crippen molar-refractivity contribution in [2.75, 3.05) is 19.0 Å². The van der Waals surface area contributed by atoms with Gasteiger partial charge in [-0.1, -0.05) is 48.5 Å². The van der Waals surface area contributed by atoms with Gasteiger partial charge >= 0.3 is 0 Å². The Morgan fingerprint density at radius 3 is 2.69 bits per heavy atom. The first-order chi connectivity index (χ1) is 12.5. The Morgan fingerprint density at radius 1 is 1.23 bits per heavy atom. The minimum atomic E-state index is -0.343. The second-order valence-corrected chi connectivity index (χ2v) is 6.07. The van der Waals surface area contributed by atoms with Gasteiger partial charge in [0.2, 0.25) is 11.8 Å². The molecule has 0 fully saturated rings. The first-order valence-electron chi connectivity index (χ1n) is 8.08. The van der Waals surface area contributed by atoms with Crippen molar-refractivity contribution in [3.63, 3.8) is 0 Å². The number of ether oxygens (including phenoxy) is 1. The molecular formula is C20H21ClN2O3. The van der Waals surface area contributed by atoms with Crippen LogP contribution in [-0.4, -0.2) is 25.5 Å². The van der Waals surface area contributed by atoms with Crippen LogP contribution in [0.3, 0.4) is 0 Å². The predicted octanol–water partition coefficient (Wildman–Crippen LogP) is 3.51. The Bertz CT molecular complexity index is 792. The average Bonchev–Trinajstić information content (AvgIpc) is 2.62. The lowest BCUT2D eigenvalue weighted by molar-refractivity contribution is -0.121. The van der Waals surface area contributed by atoms with Crippen LogP contribution in [0, 0.1) is 0 Å². The topological polar surface area (TPSA) is 67.4 Å². The van der Waals surface area contributed by atoms with Crippen molar-refractivity contribution >= 4 is 29.1 Å². The summed E-state index contributed by atoms with van der Waals surface area (Å²) in [5.41, 5.74) is 2.19. The van der Waals surface area contributed by atoms with E-state index in [1.807, 2.05) is 24.3 Å². The van der Waals surface area contributed by atoms with Gasteiger partial charge in [0.25, 0.3) is 0 Å². The smallest absolute Gasteiger partial charge is 0.247 e. The molecule has 0 spiro atoms. The molecule has 2 aromatic rings. The van der Waals surface area contributed by atoms with E-state index in [-0.39, 0.29) is 24.3 Å². The quantitative estimate of drug-likeness (QED) is 0.697. The molecule has 26 heavy (non-hydrogen) atoms. The van der Waals surface area contributed by atoms with Crippen LogP contribution in [-0.2, 0) is 20.7 Å². The SMILES string of the molecule is C=CC(=O)Nc1cccc(CC(=O)NC(COC)c2ccccc2Cl)c1. The van der Waals surface area contributed by atoms with Crippen LogP contribution in [0.15, 0.2) is 61.2 Å². The normalized spacial score (nSPS) is 11.5. The molecule has 0 bridgehead atoms. The van der Waals surface area contributed by atoms with Crippen molar-refractivity contribution in [3.8, 4) is 0 Å². The number of halogens is 1. The number of anilines is 1. The summed E-state index contributed by atoms with van der Waals surface area (Å²) in [6.07, 6.45) is 1.36. The lowest BCUT2D eigenvalue weighted by Crippen LogP contribution is -2.32. The number of carbonyl (C=O) groups excluding carboxylic acids is 2. The summed E-state index contributed by atoms with van der Waals surface area (Å²) in [4.78, 5) is 23.8. The molecule has 0 aliphatic carbocycles. The number of benzene rings is 2. The standard InChI is InChI=1S/C20H21ClN2O3/c1-3-19(24)22-15-8-6-7-14(11-15)12-20(25)23-18(13-26-2)16-9-4-5-10-17(16)21/h3-11,18H,1,12-13H2,2H3,(H,22,24)(H,23,25). The maximum Gasteiger partial charge on any atom is 0.247 e. The lowest BCUT2D eigenvalue weighted by atomic mass is 10.1. The minimum Gasteiger partial charge on any atom is -0.382 e. The summed E-state index contributed by atoms with van der Waals surface area (Å²) in [7, 11) is 1.57. The van der Waals surface area contributed by atoms with Crippen LogP contribution >= 0.6 is 11.6 Å². The lowest BCUT2D eigenvalue weighted by Gasteiger charge is -2.19. The highest BCUT2D eigenvalue weighted by molar-refractivity contribution is 6.31. The van der Waals surface area contributed by atoms with Crippen molar-refractivity contribution in [2.24, 2.45) is 0 Å². The Hall–Kier alpha value is -2.63. The van der Waals surface area contributed by atoms with E-state index in [1.54, 1.807) is 31.4 Å². The van der Waals surface area contributed by atoms with Gasteiger partial charge in [0, 0.05) is 17.8 Å². The third kappa shape index (κ3) is 5.72. The zero-order valence-corrected chi connectivity index (χ0v) is 15.3. The molecule has 0 saturated heterocycles. The summed E-state index contributed by atoms with van der Waals surface area (Å²) in [5.74, 6) is -0.468. The molecule has 0 aromatic heterocycles. The molecule has 136 valence electrons. The average molecular weight is 373 g/mol. The van der Waals surface area contributed by atoms with Crippen molar-refractivity contribution in [1.29, 1.82) is 0 Å². The molecule has 0 saturated carbocycles. The first kappa shape index (κ1) is 19.7. The molecule has 2 aromatic carbocycles. The largest absolute Gasteiger partial charge is 0.382 e. The maximum absolute atomic E-state index is 12.5. The fraction of sp³-hybridized carbons (Fsp3) is 0.200. The van der Waals surface area contributed by atoms with Crippen LogP contribution in [0.2, 0.25) is 5.02 Å². The third-order valence-corrected chi connectivity index (χ3v) is 4.04. The number of carbonyl (C=O) groups is 2. The highest BCUT2D eigenvalue weighted by Gasteiger charge is 2.17. The zero-order valence-electron chi connectivity index (χ0n) is 14.5. The van der Waals surface area contributed by atoms with Crippen molar-refractivity contribution in [3.05, 3.63) is 77.3 Å². The highest BCUT2D eigenvalue weighted by Crippen LogP contribution is 2.23. The van der Waals surface area contributed by atoms with E-state index < -0.39 is 0 Å². The van der Waals surface area contributed by atoms with E-state index >= 15 is 0 Å². The molecule has 6 heteroatoms. The summed E-state index contributed by atoms with van der Waals surface area (Å²) in [5, 5.41) is 6.19. The van der Waals surface area contributed by atoms with Gasteiger partial charge in [0.15, 0.2) is 0 Å². The van der Waals surface area contributed by atoms with Gasteiger partial charge in [-0.05, 0) is 35.4 Å². The number of methoxy groups -OCH3 is 1. The Balaban J connectivity index is 2.06. The van der Waals surface area contributed by atoms with E-state index in [0.29, 0.717) is 17.3 Å². The number of hydrogen-bond acceptors (Lipinski definition) is 3. The minimum absolute atomic E-state index is 0.167. The molecule has 0 heterocycles. The molecule has 2 amide bonds. The van der Waals surface area contributed by atoms with Crippen LogP contribution < -0.4 is 10.6 Å². The second-order valence-electron chi connectivity index (χ2n) is 5.67. The van der Waals surface area contributed by atoms with E-state index in [2.05, 4.69) is 17.2 Å². The summed E-state index contributed by atoms with van der Waals surface area (Å²) >= 11 is 6.23. The van der Waals surface area contributed by atoms with Gasteiger partial charge < -0.3 is 15.4 Å². The summed E-state index contributed by atoms with van der Waals surface area (Å²) in [6.45, 7) is 3.73. The molecule has 0 aliphatic heterocycles. The predicted molar refractivity (Wildman–Crippen MR) is 103 cm³/mol. The monoisotopic (exact) mass is 372 g/mol. The Labute approximate surface area is 158 Å². The van der Waals surface area contributed by atoms with Gasteiger partial charge in [-0.15, -0.1) is 0 Å². The van der Waals surface area contributed by atoms with Crippen LogP contribution in [0.4, 0.5) is 5.69 Å². The van der Waals surface area contributed by atoms with E-state index in [9.17, 15) is 9.59 Å². The fourth-order valence-corrected chi connectivity index (χ4v) is 2.78. The van der Waals surface area contributed by atoms with E-state index in [4.69, 9.17) is 16.3 Å². The molecule has 5 nitrogen and oxygen atoms in total. The zero-order chi connectivity index (χ0) is 18.9. The maximum atomic E-state index is 12.5. The van der Waals surface area contributed by atoms with E-state index in [0.717, 1.165) is 11.1 Å². The third-order valence-electron chi connectivity index (χ3n) is 3.69. The Kier molecular flexibility index (Phi) is 7.38. The van der Waals surface area contributed by atoms with Gasteiger partial charge in [0.05, 0.1) is 19.1 Å². The van der Waals surface area contributed by atoms with Gasteiger partial charge in [-0.2, -0.15) is 0 Å². The van der Waals surface area contributed by atoms with Gasteiger partial charge in [-0.25, -0.2) is 0 Å². The fourth-order valence-electron chi connectivity index (χ4n) is 2.52. The van der Waals surface area contributed by atoms with Gasteiger partial charge in [0.1, 0.15) is 0 Å². The molecule has 1 atom stereocenters. The summed E-state index contributed by atoms with van der Waals surface area (Å²) in [6, 6.07) is 14.1. The van der Waals surface area contributed by atoms with Crippen molar-refractivity contribution < 1.29 is 14.3 Å². The highest BCUT2D eigenvalue weighted by atomic mass is 35.5. The number of amides is 2. The number of rotatable bonds is 8. The Morgan fingerprint density at radius 2 is 2.00 bits per heavy atom. The number of nitrogens with one attached hydrogen (secondary N) is 2. The molecular weight excluding hydrogens is 352 g/mol. The molecule has 2 rings (SSSR count). The van der Waals surface area contributed by atoms with Gasteiger partial charge in [-0.3, -0.25) is 9.59 Å².